The highest BCUT2D eigenvalue weighted by Crippen LogP contribution is 2.25. The molecule has 0 aliphatic carbocycles. The summed E-state index contributed by atoms with van der Waals surface area (Å²) < 4.78 is 5.30. The molecule has 1 aliphatic heterocycles. The topological polar surface area (TPSA) is 53.6 Å². The van der Waals surface area contributed by atoms with Crippen molar-refractivity contribution in [2.75, 3.05) is 38.6 Å². The van der Waals surface area contributed by atoms with Gasteiger partial charge in [-0.05, 0) is 37.6 Å². The Morgan fingerprint density at radius 3 is 2.81 bits per heavy atom. The molecule has 0 spiro atoms. The van der Waals surface area contributed by atoms with Gasteiger partial charge in [0.15, 0.2) is 0 Å². The molecule has 2 N–H and O–H groups in total. The summed E-state index contributed by atoms with van der Waals surface area (Å²) in [5, 5.41) is 6.22. The largest absolute Gasteiger partial charge is 0.495 e. The third-order valence-corrected chi connectivity index (χ3v) is 3.76. The lowest BCUT2D eigenvalue weighted by Crippen LogP contribution is -2.58. The monoisotopic (exact) mass is 291 g/mol. The second-order valence-electron chi connectivity index (χ2n) is 5.53. The first-order valence-corrected chi connectivity index (χ1v) is 7.53. The SMILES string of the molecule is CCCN(CC(=O)Nc1cc(C)ccc1OC)C1CNC1. The van der Waals surface area contributed by atoms with Gasteiger partial charge in [-0.15, -0.1) is 0 Å². The van der Waals surface area contributed by atoms with Crippen molar-refractivity contribution in [3.63, 3.8) is 0 Å². The van der Waals surface area contributed by atoms with Gasteiger partial charge in [0.1, 0.15) is 5.75 Å². The van der Waals surface area contributed by atoms with Crippen molar-refractivity contribution in [3.8, 4) is 5.75 Å². The summed E-state index contributed by atoms with van der Waals surface area (Å²) in [5.41, 5.74) is 1.84. The van der Waals surface area contributed by atoms with Crippen molar-refractivity contribution >= 4 is 11.6 Å². The van der Waals surface area contributed by atoms with Crippen molar-refractivity contribution in [1.29, 1.82) is 0 Å². The summed E-state index contributed by atoms with van der Waals surface area (Å²) >= 11 is 0. The molecule has 5 nitrogen and oxygen atoms in total. The molecule has 2 rings (SSSR count). The number of rotatable bonds is 7. The van der Waals surface area contributed by atoms with Crippen LogP contribution in [0.5, 0.6) is 5.75 Å². The molecule has 5 heteroatoms. The Hall–Kier alpha value is -1.59. The van der Waals surface area contributed by atoms with Gasteiger partial charge in [0.05, 0.1) is 19.3 Å². The predicted molar refractivity (Wildman–Crippen MR) is 84.9 cm³/mol. The highest BCUT2D eigenvalue weighted by Gasteiger charge is 2.25. The van der Waals surface area contributed by atoms with E-state index in [2.05, 4.69) is 22.5 Å². The Bertz CT molecular complexity index is 486. The number of methoxy groups -OCH3 is 1. The number of anilines is 1. The molecule has 1 aromatic carbocycles. The maximum absolute atomic E-state index is 12.3. The van der Waals surface area contributed by atoms with E-state index < -0.39 is 0 Å². The minimum atomic E-state index is 0.0132. The molecule has 0 saturated carbocycles. The summed E-state index contributed by atoms with van der Waals surface area (Å²) in [6, 6.07) is 6.27. The smallest absolute Gasteiger partial charge is 0.238 e. The lowest BCUT2D eigenvalue weighted by Gasteiger charge is -2.37. The van der Waals surface area contributed by atoms with E-state index in [1.165, 1.54) is 0 Å². The molecule has 0 aromatic heterocycles. The minimum Gasteiger partial charge on any atom is -0.495 e. The third-order valence-electron chi connectivity index (χ3n) is 3.76. The molecule has 1 aliphatic rings. The van der Waals surface area contributed by atoms with Gasteiger partial charge in [-0.25, -0.2) is 0 Å². The summed E-state index contributed by atoms with van der Waals surface area (Å²) in [4.78, 5) is 14.5. The highest BCUT2D eigenvalue weighted by atomic mass is 16.5. The van der Waals surface area contributed by atoms with Crippen LogP contribution in [0.2, 0.25) is 0 Å². The number of benzene rings is 1. The fourth-order valence-corrected chi connectivity index (χ4v) is 2.50. The Labute approximate surface area is 126 Å². The molecule has 1 heterocycles. The summed E-state index contributed by atoms with van der Waals surface area (Å²) in [6.07, 6.45) is 1.05. The van der Waals surface area contributed by atoms with E-state index in [4.69, 9.17) is 4.74 Å². The van der Waals surface area contributed by atoms with Crippen LogP contribution in [0.4, 0.5) is 5.69 Å². The van der Waals surface area contributed by atoms with E-state index in [0.717, 1.165) is 37.3 Å². The standard InChI is InChI=1S/C16H25N3O2/c1-4-7-19(13-9-17-10-13)11-16(20)18-14-8-12(2)5-6-15(14)21-3/h5-6,8,13,17H,4,7,9-11H2,1-3H3,(H,18,20). The first kappa shape index (κ1) is 15.8. The van der Waals surface area contributed by atoms with Crippen LogP contribution in [0.25, 0.3) is 0 Å². The van der Waals surface area contributed by atoms with Crippen molar-refractivity contribution in [2.45, 2.75) is 26.3 Å². The minimum absolute atomic E-state index is 0.0132. The van der Waals surface area contributed by atoms with Gasteiger partial charge in [0.2, 0.25) is 5.91 Å². The molecule has 1 saturated heterocycles. The van der Waals surface area contributed by atoms with E-state index in [1.54, 1.807) is 7.11 Å². The number of amides is 1. The normalized spacial score (nSPS) is 14.9. The third kappa shape index (κ3) is 4.19. The summed E-state index contributed by atoms with van der Waals surface area (Å²) in [7, 11) is 1.61. The van der Waals surface area contributed by atoms with Crippen LogP contribution in [-0.2, 0) is 4.79 Å². The number of carbonyl (C=O) groups is 1. The van der Waals surface area contributed by atoms with Crippen LogP contribution in [-0.4, -0.2) is 50.1 Å². The molecular weight excluding hydrogens is 266 g/mol. The maximum atomic E-state index is 12.3. The van der Waals surface area contributed by atoms with Crippen molar-refractivity contribution in [2.24, 2.45) is 0 Å². The first-order valence-electron chi connectivity index (χ1n) is 7.53. The van der Waals surface area contributed by atoms with E-state index in [-0.39, 0.29) is 5.91 Å². The number of hydrogen-bond donors (Lipinski definition) is 2. The van der Waals surface area contributed by atoms with Gasteiger partial charge in [-0.2, -0.15) is 0 Å². The number of ether oxygens (including phenoxy) is 1. The van der Waals surface area contributed by atoms with Crippen molar-refractivity contribution in [3.05, 3.63) is 23.8 Å². The molecule has 21 heavy (non-hydrogen) atoms. The van der Waals surface area contributed by atoms with E-state index >= 15 is 0 Å². The molecule has 1 aromatic rings. The number of carbonyl (C=O) groups excluding carboxylic acids is 1. The molecular formula is C16H25N3O2. The van der Waals surface area contributed by atoms with Crippen molar-refractivity contribution < 1.29 is 9.53 Å². The van der Waals surface area contributed by atoms with Crippen molar-refractivity contribution in [1.82, 2.24) is 10.2 Å². The molecule has 1 amide bonds. The lowest BCUT2D eigenvalue weighted by molar-refractivity contribution is -0.118. The molecule has 0 radical (unpaired) electrons. The summed E-state index contributed by atoms with van der Waals surface area (Å²) in [5.74, 6) is 0.709. The van der Waals surface area contributed by atoms with E-state index in [9.17, 15) is 4.79 Å². The van der Waals surface area contributed by atoms with Crippen LogP contribution in [0.1, 0.15) is 18.9 Å². The first-order chi connectivity index (χ1) is 10.1. The predicted octanol–water partition coefficient (Wildman–Crippen LogP) is 1.63. The Balaban J connectivity index is 1.98. The maximum Gasteiger partial charge on any atom is 0.238 e. The molecule has 0 bridgehead atoms. The second-order valence-corrected chi connectivity index (χ2v) is 5.53. The van der Waals surface area contributed by atoms with Crippen LogP contribution < -0.4 is 15.4 Å². The fourth-order valence-electron chi connectivity index (χ4n) is 2.50. The number of nitrogens with one attached hydrogen (secondary N) is 2. The Morgan fingerprint density at radius 1 is 1.48 bits per heavy atom. The number of aryl methyl sites for hydroxylation is 1. The van der Waals surface area contributed by atoms with E-state index in [1.807, 2.05) is 25.1 Å². The van der Waals surface area contributed by atoms with Gasteiger partial charge in [-0.1, -0.05) is 13.0 Å². The average Bonchev–Trinajstić information content (AvgIpc) is 2.37. The van der Waals surface area contributed by atoms with Gasteiger partial charge in [-0.3, -0.25) is 9.69 Å². The zero-order chi connectivity index (χ0) is 15.2. The summed E-state index contributed by atoms with van der Waals surface area (Å²) in [6.45, 7) is 7.46. The second kappa shape index (κ2) is 7.43. The molecule has 1 fully saturated rings. The zero-order valence-corrected chi connectivity index (χ0v) is 13.1. The molecule has 0 unspecified atom stereocenters. The molecule has 116 valence electrons. The van der Waals surface area contributed by atoms with Crippen LogP contribution in [0.15, 0.2) is 18.2 Å². The quantitative estimate of drug-likeness (QED) is 0.801. The van der Waals surface area contributed by atoms with Crippen LogP contribution in [0.3, 0.4) is 0 Å². The van der Waals surface area contributed by atoms with Gasteiger partial charge < -0.3 is 15.4 Å². The fraction of sp³-hybridized carbons (Fsp3) is 0.562. The Kier molecular flexibility index (Phi) is 5.59. The Morgan fingerprint density at radius 2 is 2.24 bits per heavy atom. The number of hydrogen-bond acceptors (Lipinski definition) is 4. The van der Waals surface area contributed by atoms with Crippen LogP contribution >= 0.6 is 0 Å². The van der Waals surface area contributed by atoms with Gasteiger partial charge in [0, 0.05) is 19.1 Å². The molecule has 0 atom stereocenters. The van der Waals surface area contributed by atoms with Gasteiger partial charge in [0.25, 0.3) is 0 Å². The lowest BCUT2D eigenvalue weighted by atomic mass is 10.1. The average molecular weight is 291 g/mol. The van der Waals surface area contributed by atoms with Gasteiger partial charge >= 0.3 is 0 Å². The van der Waals surface area contributed by atoms with E-state index in [0.29, 0.717) is 18.3 Å². The van der Waals surface area contributed by atoms with Crippen LogP contribution in [0, 0.1) is 6.92 Å². The highest BCUT2D eigenvalue weighted by molar-refractivity contribution is 5.93. The zero-order valence-electron chi connectivity index (χ0n) is 13.1. The number of nitrogens with zero attached hydrogens (tertiary/aromatic N) is 1.